The second-order valence-corrected chi connectivity index (χ2v) is 5.99. The number of hydrogen-bond acceptors (Lipinski definition) is 3. The maximum atomic E-state index is 13.5. The van der Waals surface area contributed by atoms with Crippen LogP contribution in [0.15, 0.2) is 47.6 Å². The third kappa shape index (κ3) is 2.58. The van der Waals surface area contributed by atoms with E-state index in [9.17, 15) is 4.39 Å². The summed E-state index contributed by atoms with van der Waals surface area (Å²) in [6.07, 6.45) is 3.02. The van der Waals surface area contributed by atoms with Gasteiger partial charge in [0.2, 0.25) is 0 Å². The van der Waals surface area contributed by atoms with Gasteiger partial charge in [0.1, 0.15) is 5.82 Å². The minimum Gasteiger partial charge on any atom is -0.310 e. The summed E-state index contributed by atoms with van der Waals surface area (Å²) in [6, 6.07) is 10.2. The van der Waals surface area contributed by atoms with Crippen molar-refractivity contribution in [3.8, 4) is 0 Å². The van der Waals surface area contributed by atoms with Crippen molar-refractivity contribution in [1.29, 1.82) is 0 Å². The third-order valence-corrected chi connectivity index (χ3v) is 4.86. The van der Waals surface area contributed by atoms with E-state index >= 15 is 0 Å². The topological polar surface area (TPSA) is 24.9 Å². The second kappa shape index (κ2) is 5.94. The molecule has 0 bridgehead atoms. The quantitative estimate of drug-likeness (QED) is 0.927. The van der Waals surface area contributed by atoms with Gasteiger partial charge in [0.05, 0.1) is 6.20 Å². The van der Waals surface area contributed by atoms with Crippen molar-refractivity contribution in [2.75, 3.05) is 12.3 Å². The summed E-state index contributed by atoms with van der Waals surface area (Å²) in [5.41, 5.74) is 2.28. The van der Waals surface area contributed by atoms with Crippen LogP contribution in [0.3, 0.4) is 0 Å². The van der Waals surface area contributed by atoms with Gasteiger partial charge in [-0.2, -0.15) is 0 Å². The van der Waals surface area contributed by atoms with E-state index in [2.05, 4.69) is 41.5 Å². The van der Waals surface area contributed by atoms with Crippen LogP contribution in [-0.2, 0) is 0 Å². The Labute approximate surface area is 122 Å². The number of benzene rings is 1. The van der Waals surface area contributed by atoms with Crippen LogP contribution in [0.25, 0.3) is 0 Å². The number of halogens is 1. The molecule has 104 valence electrons. The average molecular weight is 288 g/mol. The van der Waals surface area contributed by atoms with Gasteiger partial charge in [-0.15, -0.1) is 11.8 Å². The number of pyridine rings is 1. The van der Waals surface area contributed by atoms with Gasteiger partial charge < -0.3 is 5.32 Å². The Morgan fingerprint density at radius 3 is 3.05 bits per heavy atom. The Kier molecular flexibility index (Phi) is 4.03. The van der Waals surface area contributed by atoms with Crippen molar-refractivity contribution in [3.05, 3.63) is 59.7 Å². The van der Waals surface area contributed by atoms with Gasteiger partial charge in [-0.3, -0.25) is 4.98 Å². The minimum absolute atomic E-state index is 0.111. The summed E-state index contributed by atoms with van der Waals surface area (Å²) >= 11 is 1.87. The van der Waals surface area contributed by atoms with E-state index < -0.39 is 0 Å². The maximum Gasteiger partial charge on any atom is 0.141 e. The number of rotatable bonds is 4. The van der Waals surface area contributed by atoms with E-state index in [1.165, 1.54) is 16.7 Å². The Morgan fingerprint density at radius 2 is 2.25 bits per heavy atom. The minimum atomic E-state index is -0.274. The van der Waals surface area contributed by atoms with Crippen molar-refractivity contribution in [2.45, 2.75) is 23.8 Å². The maximum absolute atomic E-state index is 13.5. The van der Waals surface area contributed by atoms with Crippen LogP contribution in [0.1, 0.15) is 30.0 Å². The van der Waals surface area contributed by atoms with Crippen molar-refractivity contribution in [3.63, 3.8) is 0 Å². The first-order valence-electron chi connectivity index (χ1n) is 6.85. The molecule has 0 saturated heterocycles. The molecule has 2 heterocycles. The molecule has 4 heteroatoms. The van der Waals surface area contributed by atoms with Crippen LogP contribution < -0.4 is 5.32 Å². The lowest BCUT2D eigenvalue weighted by Gasteiger charge is -2.25. The van der Waals surface area contributed by atoms with Crippen LogP contribution in [0.5, 0.6) is 0 Å². The standard InChI is InChI=1S/C16H17FN2S/c1-2-19-16(11-7-12(17)9-18-8-11)14-10-20-15-6-4-3-5-13(14)15/h3-9,14,16,19H,2,10H2,1H3. The van der Waals surface area contributed by atoms with Gasteiger partial charge in [-0.05, 0) is 29.8 Å². The van der Waals surface area contributed by atoms with E-state index in [0.717, 1.165) is 17.9 Å². The van der Waals surface area contributed by atoms with Gasteiger partial charge in [0.25, 0.3) is 0 Å². The lowest BCUT2D eigenvalue weighted by Crippen LogP contribution is -2.27. The smallest absolute Gasteiger partial charge is 0.141 e. The summed E-state index contributed by atoms with van der Waals surface area (Å²) < 4.78 is 13.5. The molecule has 0 aliphatic carbocycles. The summed E-state index contributed by atoms with van der Waals surface area (Å²) in [5.74, 6) is 1.11. The molecule has 1 aromatic carbocycles. The summed E-state index contributed by atoms with van der Waals surface area (Å²) in [7, 11) is 0. The van der Waals surface area contributed by atoms with Crippen molar-refractivity contribution in [1.82, 2.24) is 10.3 Å². The SMILES string of the molecule is CCNC(c1cncc(F)c1)C1CSc2ccccc21. The Bertz CT molecular complexity index is 603. The first kappa shape index (κ1) is 13.6. The number of likely N-dealkylation sites (N-methyl/N-ethyl adjacent to an activating group) is 1. The number of fused-ring (bicyclic) bond motifs is 1. The largest absolute Gasteiger partial charge is 0.310 e. The Hall–Kier alpha value is -1.39. The fourth-order valence-electron chi connectivity index (χ4n) is 2.77. The highest BCUT2D eigenvalue weighted by atomic mass is 32.2. The fraction of sp³-hybridized carbons (Fsp3) is 0.312. The van der Waals surface area contributed by atoms with Crippen LogP contribution in [-0.4, -0.2) is 17.3 Å². The van der Waals surface area contributed by atoms with E-state index in [1.54, 1.807) is 12.3 Å². The molecular weight excluding hydrogens is 271 g/mol. The molecule has 0 amide bonds. The van der Waals surface area contributed by atoms with E-state index in [0.29, 0.717) is 5.92 Å². The normalized spacial score (nSPS) is 18.8. The summed E-state index contributed by atoms with van der Waals surface area (Å²) in [4.78, 5) is 5.33. The first-order chi connectivity index (χ1) is 9.79. The number of nitrogens with one attached hydrogen (secondary N) is 1. The zero-order valence-corrected chi connectivity index (χ0v) is 12.2. The lowest BCUT2D eigenvalue weighted by atomic mass is 9.89. The number of hydrogen-bond donors (Lipinski definition) is 1. The molecule has 1 aromatic heterocycles. The molecule has 2 unspecified atom stereocenters. The average Bonchev–Trinajstić information content (AvgIpc) is 2.88. The first-order valence-corrected chi connectivity index (χ1v) is 7.83. The fourth-order valence-corrected chi connectivity index (χ4v) is 4.07. The molecule has 2 atom stereocenters. The zero-order valence-electron chi connectivity index (χ0n) is 11.3. The summed E-state index contributed by atoms with van der Waals surface area (Å²) in [6.45, 7) is 2.93. The predicted octanol–water partition coefficient (Wildman–Crippen LogP) is 3.76. The van der Waals surface area contributed by atoms with E-state index in [-0.39, 0.29) is 11.9 Å². The number of aromatic nitrogens is 1. The van der Waals surface area contributed by atoms with E-state index in [4.69, 9.17) is 0 Å². The molecular formula is C16H17FN2S. The molecule has 3 rings (SSSR count). The third-order valence-electron chi connectivity index (χ3n) is 3.65. The van der Waals surface area contributed by atoms with Crippen molar-refractivity contribution in [2.24, 2.45) is 0 Å². The molecule has 0 spiro atoms. The molecule has 1 N–H and O–H groups in total. The van der Waals surface area contributed by atoms with Gasteiger partial charge in [-0.1, -0.05) is 25.1 Å². The number of thioether (sulfide) groups is 1. The van der Waals surface area contributed by atoms with Gasteiger partial charge >= 0.3 is 0 Å². The van der Waals surface area contributed by atoms with Crippen LogP contribution in [0, 0.1) is 5.82 Å². The molecule has 0 saturated carbocycles. The number of nitrogens with zero attached hydrogens (tertiary/aromatic N) is 1. The highest BCUT2D eigenvalue weighted by Crippen LogP contribution is 2.45. The molecule has 2 aromatic rings. The van der Waals surface area contributed by atoms with Crippen molar-refractivity contribution >= 4 is 11.8 Å². The van der Waals surface area contributed by atoms with Crippen LogP contribution in [0.4, 0.5) is 4.39 Å². The van der Waals surface area contributed by atoms with Crippen LogP contribution >= 0.6 is 11.8 Å². The van der Waals surface area contributed by atoms with E-state index in [1.807, 2.05) is 11.8 Å². The monoisotopic (exact) mass is 288 g/mol. The summed E-state index contributed by atoms with van der Waals surface area (Å²) in [5, 5.41) is 3.49. The van der Waals surface area contributed by atoms with Gasteiger partial charge in [0, 0.05) is 28.8 Å². The Morgan fingerprint density at radius 1 is 1.40 bits per heavy atom. The van der Waals surface area contributed by atoms with Crippen LogP contribution in [0.2, 0.25) is 0 Å². The highest BCUT2D eigenvalue weighted by molar-refractivity contribution is 7.99. The zero-order chi connectivity index (χ0) is 13.9. The van der Waals surface area contributed by atoms with Gasteiger partial charge in [-0.25, -0.2) is 4.39 Å². The lowest BCUT2D eigenvalue weighted by molar-refractivity contribution is 0.480. The van der Waals surface area contributed by atoms with Crippen molar-refractivity contribution < 1.29 is 4.39 Å². The molecule has 1 aliphatic heterocycles. The molecule has 2 nitrogen and oxygen atoms in total. The predicted molar refractivity (Wildman–Crippen MR) is 80.5 cm³/mol. The molecule has 0 fully saturated rings. The molecule has 0 radical (unpaired) electrons. The Balaban J connectivity index is 1.96. The second-order valence-electron chi connectivity index (χ2n) is 4.93. The molecule has 20 heavy (non-hydrogen) atoms. The highest BCUT2D eigenvalue weighted by Gasteiger charge is 2.31. The van der Waals surface area contributed by atoms with Gasteiger partial charge in [0.15, 0.2) is 0 Å². The molecule has 1 aliphatic rings.